The molecule has 1 rings (SSSR count). The zero-order valence-electron chi connectivity index (χ0n) is 9.42. The highest BCUT2D eigenvalue weighted by Crippen LogP contribution is 2.11. The molecule has 0 saturated carbocycles. The Hall–Kier alpha value is -0.760. The maximum atomic E-state index is 5.04. The predicted octanol–water partition coefficient (Wildman–Crippen LogP) is 2.85. The second-order valence-electron chi connectivity index (χ2n) is 4.29. The van der Waals surface area contributed by atoms with Crippen LogP contribution in [-0.2, 0) is 6.42 Å². The minimum absolute atomic E-state index is 0.630. The minimum Gasteiger partial charge on any atom is -0.472 e. The van der Waals surface area contributed by atoms with Gasteiger partial charge in [0, 0.05) is 6.04 Å². The highest BCUT2D eigenvalue weighted by molar-refractivity contribution is 5.05. The number of rotatable bonds is 6. The van der Waals surface area contributed by atoms with E-state index in [1.54, 1.807) is 6.26 Å². The van der Waals surface area contributed by atoms with Gasteiger partial charge in [-0.1, -0.05) is 13.8 Å². The Morgan fingerprint density at radius 1 is 1.43 bits per heavy atom. The van der Waals surface area contributed by atoms with E-state index in [0.29, 0.717) is 6.04 Å². The Balaban J connectivity index is 2.27. The van der Waals surface area contributed by atoms with E-state index in [-0.39, 0.29) is 0 Å². The first-order chi connectivity index (χ1) is 6.72. The van der Waals surface area contributed by atoms with Crippen molar-refractivity contribution in [3.63, 3.8) is 0 Å². The van der Waals surface area contributed by atoms with E-state index >= 15 is 0 Å². The topological polar surface area (TPSA) is 25.2 Å². The van der Waals surface area contributed by atoms with Gasteiger partial charge in [0.15, 0.2) is 0 Å². The van der Waals surface area contributed by atoms with Gasteiger partial charge in [-0.15, -0.1) is 0 Å². The molecular weight excluding hydrogens is 174 g/mol. The lowest BCUT2D eigenvalue weighted by Gasteiger charge is -2.17. The first kappa shape index (κ1) is 11.3. The average Bonchev–Trinajstić information content (AvgIpc) is 2.64. The molecule has 0 radical (unpaired) electrons. The largest absolute Gasteiger partial charge is 0.472 e. The second kappa shape index (κ2) is 5.86. The number of nitrogens with one attached hydrogen (secondary N) is 1. The van der Waals surface area contributed by atoms with Gasteiger partial charge in [-0.05, 0) is 43.9 Å². The van der Waals surface area contributed by atoms with Crippen LogP contribution in [0.4, 0.5) is 0 Å². The monoisotopic (exact) mass is 195 g/mol. The van der Waals surface area contributed by atoms with Crippen LogP contribution in [0.15, 0.2) is 23.0 Å². The Bertz CT molecular complexity index is 228. The zero-order chi connectivity index (χ0) is 10.4. The Morgan fingerprint density at radius 2 is 2.21 bits per heavy atom. The van der Waals surface area contributed by atoms with Crippen molar-refractivity contribution in [2.24, 2.45) is 5.92 Å². The highest BCUT2D eigenvalue weighted by atomic mass is 16.3. The van der Waals surface area contributed by atoms with Gasteiger partial charge in [0.2, 0.25) is 0 Å². The fourth-order valence-corrected chi connectivity index (χ4v) is 1.72. The molecule has 2 nitrogen and oxygen atoms in total. The molecule has 0 bridgehead atoms. The Morgan fingerprint density at radius 3 is 2.71 bits per heavy atom. The summed E-state index contributed by atoms with van der Waals surface area (Å²) in [7, 11) is 2.04. The summed E-state index contributed by atoms with van der Waals surface area (Å²) in [4.78, 5) is 0. The average molecular weight is 195 g/mol. The van der Waals surface area contributed by atoms with Gasteiger partial charge in [-0.25, -0.2) is 0 Å². The molecule has 0 aliphatic carbocycles. The van der Waals surface area contributed by atoms with Crippen molar-refractivity contribution in [1.29, 1.82) is 0 Å². The van der Waals surface area contributed by atoms with Crippen molar-refractivity contribution in [3.8, 4) is 0 Å². The Kier molecular flexibility index (Phi) is 4.74. The van der Waals surface area contributed by atoms with Gasteiger partial charge in [0.1, 0.15) is 0 Å². The SMILES string of the molecule is CNC(CCc1ccoc1)CC(C)C. The first-order valence-electron chi connectivity index (χ1n) is 5.40. The molecule has 0 aliphatic heterocycles. The number of aryl methyl sites for hydroxylation is 1. The normalized spacial score (nSPS) is 13.4. The van der Waals surface area contributed by atoms with Crippen LogP contribution in [0, 0.1) is 5.92 Å². The summed E-state index contributed by atoms with van der Waals surface area (Å²) >= 11 is 0. The molecule has 1 aromatic rings. The molecule has 0 amide bonds. The summed E-state index contributed by atoms with van der Waals surface area (Å²) in [6.45, 7) is 4.53. The minimum atomic E-state index is 0.630. The van der Waals surface area contributed by atoms with Gasteiger partial charge in [0.05, 0.1) is 12.5 Å². The molecule has 1 atom stereocenters. The van der Waals surface area contributed by atoms with Crippen molar-refractivity contribution in [3.05, 3.63) is 24.2 Å². The fraction of sp³-hybridized carbons (Fsp3) is 0.667. The van der Waals surface area contributed by atoms with Crippen LogP contribution in [0.5, 0.6) is 0 Å². The molecule has 0 aromatic carbocycles. The molecule has 0 aliphatic rings. The fourth-order valence-electron chi connectivity index (χ4n) is 1.72. The quantitative estimate of drug-likeness (QED) is 0.755. The van der Waals surface area contributed by atoms with Crippen molar-refractivity contribution < 1.29 is 4.42 Å². The van der Waals surface area contributed by atoms with Crippen LogP contribution in [0.3, 0.4) is 0 Å². The lowest BCUT2D eigenvalue weighted by atomic mass is 9.98. The maximum absolute atomic E-state index is 5.04. The summed E-state index contributed by atoms with van der Waals surface area (Å²) < 4.78 is 5.04. The molecule has 0 spiro atoms. The van der Waals surface area contributed by atoms with E-state index in [2.05, 4.69) is 19.2 Å². The van der Waals surface area contributed by atoms with Gasteiger partial charge in [-0.3, -0.25) is 0 Å². The summed E-state index contributed by atoms with van der Waals surface area (Å²) in [5.74, 6) is 0.761. The molecule has 14 heavy (non-hydrogen) atoms. The molecule has 1 N–H and O–H groups in total. The van der Waals surface area contributed by atoms with Crippen molar-refractivity contribution in [1.82, 2.24) is 5.32 Å². The van der Waals surface area contributed by atoms with Crippen LogP contribution in [0.1, 0.15) is 32.3 Å². The van der Waals surface area contributed by atoms with E-state index < -0.39 is 0 Å². The van der Waals surface area contributed by atoms with E-state index in [1.807, 2.05) is 19.4 Å². The van der Waals surface area contributed by atoms with Crippen LogP contribution in [0.25, 0.3) is 0 Å². The van der Waals surface area contributed by atoms with E-state index in [1.165, 1.54) is 18.4 Å². The second-order valence-corrected chi connectivity index (χ2v) is 4.29. The molecular formula is C12H21NO. The van der Waals surface area contributed by atoms with E-state index in [9.17, 15) is 0 Å². The van der Waals surface area contributed by atoms with Gasteiger partial charge in [0.25, 0.3) is 0 Å². The lowest BCUT2D eigenvalue weighted by Crippen LogP contribution is -2.27. The number of furan rings is 1. The molecule has 0 fully saturated rings. The number of hydrogen-bond acceptors (Lipinski definition) is 2. The van der Waals surface area contributed by atoms with Gasteiger partial charge >= 0.3 is 0 Å². The molecule has 1 unspecified atom stereocenters. The highest BCUT2D eigenvalue weighted by Gasteiger charge is 2.08. The zero-order valence-corrected chi connectivity index (χ0v) is 9.42. The third-order valence-corrected chi connectivity index (χ3v) is 2.53. The predicted molar refractivity (Wildman–Crippen MR) is 59.3 cm³/mol. The standard InChI is InChI=1S/C12H21NO/c1-10(2)8-12(13-3)5-4-11-6-7-14-9-11/h6-7,9-10,12-13H,4-5,8H2,1-3H3. The third-order valence-electron chi connectivity index (χ3n) is 2.53. The van der Waals surface area contributed by atoms with Gasteiger partial charge < -0.3 is 9.73 Å². The van der Waals surface area contributed by atoms with Crippen LogP contribution in [0.2, 0.25) is 0 Å². The molecule has 2 heteroatoms. The summed E-state index contributed by atoms with van der Waals surface area (Å²) in [5, 5.41) is 3.37. The van der Waals surface area contributed by atoms with Crippen molar-refractivity contribution >= 4 is 0 Å². The van der Waals surface area contributed by atoms with Gasteiger partial charge in [-0.2, -0.15) is 0 Å². The first-order valence-corrected chi connectivity index (χ1v) is 5.40. The summed E-state index contributed by atoms with van der Waals surface area (Å²) in [5.41, 5.74) is 1.30. The molecule has 0 saturated heterocycles. The molecule has 1 heterocycles. The van der Waals surface area contributed by atoms with Crippen LogP contribution in [-0.4, -0.2) is 13.1 Å². The van der Waals surface area contributed by atoms with Crippen LogP contribution >= 0.6 is 0 Å². The maximum Gasteiger partial charge on any atom is 0.0934 e. The number of hydrogen-bond donors (Lipinski definition) is 1. The lowest BCUT2D eigenvalue weighted by molar-refractivity contribution is 0.421. The van der Waals surface area contributed by atoms with Crippen LogP contribution < -0.4 is 5.32 Å². The van der Waals surface area contributed by atoms with Crippen molar-refractivity contribution in [2.45, 2.75) is 39.2 Å². The summed E-state index contributed by atoms with van der Waals surface area (Å²) in [6, 6.07) is 2.67. The molecule has 1 aromatic heterocycles. The third kappa shape index (κ3) is 3.97. The summed E-state index contributed by atoms with van der Waals surface area (Å²) in [6.07, 6.45) is 7.12. The smallest absolute Gasteiger partial charge is 0.0934 e. The molecule has 80 valence electrons. The van der Waals surface area contributed by atoms with Crippen molar-refractivity contribution in [2.75, 3.05) is 7.05 Å². The van der Waals surface area contributed by atoms with E-state index in [0.717, 1.165) is 12.3 Å². The van der Waals surface area contributed by atoms with E-state index in [4.69, 9.17) is 4.42 Å². The Labute approximate surface area is 86.7 Å².